The lowest BCUT2D eigenvalue weighted by Gasteiger charge is -2.05. The number of benzene rings is 2. The Morgan fingerprint density at radius 3 is 2.26 bits per heavy atom. The molecule has 3 rings (SSSR count). The molecule has 0 amide bonds. The molecule has 0 radical (unpaired) electrons. The van der Waals surface area contributed by atoms with Gasteiger partial charge >= 0.3 is 0 Å². The van der Waals surface area contributed by atoms with Gasteiger partial charge in [-0.2, -0.15) is 0 Å². The van der Waals surface area contributed by atoms with E-state index >= 15 is 0 Å². The van der Waals surface area contributed by atoms with E-state index in [1.807, 2.05) is 54.1 Å². The van der Waals surface area contributed by atoms with Crippen molar-refractivity contribution in [3.8, 4) is 17.1 Å². The topological polar surface area (TPSA) is 30.7 Å². The molecule has 0 spiro atoms. The number of hydrogen-bond acceptors (Lipinski definition) is 2. The Morgan fingerprint density at radius 1 is 0.842 bits per heavy atom. The van der Waals surface area contributed by atoms with Gasteiger partial charge in [0, 0.05) is 5.56 Å². The van der Waals surface area contributed by atoms with Crippen LogP contribution in [0.25, 0.3) is 17.1 Å². The van der Waals surface area contributed by atoms with E-state index in [4.69, 9.17) is 0 Å². The first-order valence-corrected chi connectivity index (χ1v) is 6.31. The standard InChI is InChI=1S/C16H15N3/c1-12-8-6-7-11-15(12)19-13(2)17-16(18-19)14-9-4-3-5-10-14/h3-11H,1-2H3. The van der Waals surface area contributed by atoms with E-state index in [1.165, 1.54) is 5.56 Å². The van der Waals surface area contributed by atoms with Gasteiger partial charge < -0.3 is 0 Å². The molecule has 0 fully saturated rings. The van der Waals surface area contributed by atoms with Crippen molar-refractivity contribution < 1.29 is 0 Å². The van der Waals surface area contributed by atoms with Gasteiger partial charge in [-0.15, -0.1) is 5.10 Å². The molecule has 0 atom stereocenters. The molecule has 0 aliphatic carbocycles. The largest absolute Gasteiger partial charge is 0.217 e. The van der Waals surface area contributed by atoms with Crippen LogP contribution in [0, 0.1) is 13.8 Å². The van der Waals surface area contributed by atoms with E-state index < -0.39 is 0 Å². The molecule has 94 valence electrons. The summed E-state index contributed by atoms with van der Waals surface area (Å²) in [5.74, 6) is 1.66. The van der Waals surface area contributed by atoms with Crippen LogP contribution in [0.5, 0.6) is 0 Å². The molecule has 0 aliphatic heterocycles. The number of aryl methyl sites for hydroxylation is 2. The van der Waals surface area contributed by atoms with Gasteiger partial charge in [-0.3, -0.25) is 0 Å². The summed E-state index contributed by atoms with van der Waals surface area (Å²) in [6, 6.07) is 18.2. The Labute approximate surface area is 112 Å². The van der Waals surface area contributed by atoms with Crippen molar-refractivity contribution in [2.75, 3.05) is 0 Å². The fourth-order valence-corrected chi connectivity index (χ4v) is 2.13. The quantitative estimate of drug-likeness (QED) is 0.695. The molecule has 0 bridgehead atoms. The Balaban J connectivity index is 2.11. The Bertz CT molecular complexity index is 699. The average Bonchev–Trinajstić information content (AvgIpc) is 2.82. The zero-order valence-electron chi connectivity index (χ0n) is 11.0. The van der Waals surface area contributed by atoms with Crippen LogP contribution in [-0.2, 0) is 0 Å². The van der Waals surface area contributed by atoms with Crippen LogP contribution in [-0.4, -0.2) is 14.8 Å². The second kappa shape index (κ2) is 4.69. The third kappa shape index (κ3) is 2.15. The highest BCUT2D eigenvalue weighted by molar-refractivity contribution is 5.55. The van der Waals surface area contributed by atoms with Gasteiger partial charge in [-0.05, 0) is 25.5 Å². The molecule has 0 saturated heterocycles. The Hall–Kier alpha value is -2.42. The first kappa shape index (κ1) is 11.7. The highest BCUT2D eigenvalue weighted by atomic mass is 15.3. The van der Waals surface area contributed by atoms with Crippen LogP contribution < -0.4 is 0 Å². The minimum Gasteiger partial charge on any atom is -0.217 e. The summed E-state index contributed by atoms with van der Waals surface area (Å²) in [5, 5.41) is 4.62. The van der Waals surface area contributed by atoms with Crippen LogP contribution in [0.15, 0.2) is 54.6 Å². The molecule has 19 heavy (non-hydrogen) atoms. The fraction of sp³-hybridized carbons (Fsp3) is 0.125. The second-order valence-electron chi connectivity index (χ2n) is 4.55. The molecular weight excluding hydrogens is 234 g/mol. The summed E-state index contributed by atoms with van der Waals surface area (Å²) in [5.41, 5.74) is 3.31. The first-order valence-electron chi connectivity index (χ1n) is 6.31. The van der Waals surface area contributed by atoms with E-state index in [2.05, 4.69) is 29.1 Å². The molecule has 1 aromatic heterocycles. The highest BCUT2D eigenvalue weighted by Crippen LogP contribution is 2.19. The molecule has 0 unspecified atom stereocenters. The van der Waals surface area contributed by atoms with Gasteiger partial charge in [0.2, 0.25) is 0 Å². The van der Waals surface area contributed by atoms with Crippen molar-refractivity contribution in [1.29, 1.82) is 0 Å². The fourth-order valence-electron chi connectivity index (χ4n) is 2.13. The SMILES string of the molecule is Cc1ccccc1-n1nc(-c2ccccc2)nc1C. The maximum absolute atomic E-state index is 4.62. The van der Waals surface area contributed by atoms with E-state index in [0.29, 0.717) is 0 Å². The number of hydrogen-bond donors (Lipinski definition) is 0. The predicted octanol–water partition coefficient (Wildman–Crippen LogP) is 3.55. The molecule has 1 heterocycles. The molecule has 0 aliphatic rings. The lowest BCUT2D eigenvalue weighted by molar-refractivity contribution is 0.835. The van der Waals surface area contributed by atoms with Crippen LogP contribution in [0.4, 0.5) is 0 Å². The first-order chi connectivity index (χ1) is 9.25. The van der Waals surface area contributed by atoms with E-state index in [9.17, 15) is 0 Å². The lowest BCUT2D eigenvalue weighted by Crippen LogP contribution is -2.01. The molecule has 0 saturated carbocycles. The summed E-state index contributed by atoms with van der Waals surface area (Å²) >= 11 is 0. The van der Waals surface area contributed by atoms with E-state index in [-0.39, 0.29) is 0 Å². The second-order valence-corrected chi connectivity index (χ2v) is 4.55. The Morgan fingerprint density at radius 2 is 1.53 bits per heavy atom. The lowest BCUT2D eigenvalue weighted by atomic mass is 10.2. The summed E-state index contributed by atoms with van der Waals surface area (Å²) in [6.07, 6.45) is 0. The Kier molecular flexibility index (Phi) is 2.88. The molecular formula is C16H15N3. The van der Waals surface area contributed by atoms with Crippen molar-refractivity contribution >= 4 is 0 Å². The molecule has 0 N–H and O–H groups in total. The summed E-state index contributed by atoms with van der Waals surface area (Å²) in [6.45, 7) is 4.06. The third-order valence-electron chi connectivity index (χ3n) is 3.14. The van der Waals surface area contributed by atoms with Crippen molar-refractivity contribution in [2.45, 2.75) is 13.8 Å². The molecule has 3 aromatic rings. The summed E-state index contributed by atoms with van der Waals surface area (Å²) < 4.78 is 1.90. The maximum atomic E-state index is 4.62. The van der Waals surface area contributed by atoms with Crippen LogP contribution in [0.1, 0.15) is 11.4 Å². The normalized spacial score (nSPS) is 10.6. The number of aromatic nitrogens is 3. The van der Waals surface area contributed by atoms with Gasteiger partial charge in [0.25, 0.3) is 0 Å². The number of para-hydroxylation sites is 1. The van der Waals surface area contributed by atoms with Crippen LogP contribution >= 0.6 is 0 Å². The minimum atomic E-state index is 0.765. The van der Waals surface area contributed by atoms with Crippen LogP contribution in [0.3, 0.4) is 0 Å². The number of nitrogens with zero attached hydrogens (tertiary/aromatic N) is 3. The van der Waals surface area contributed by atoms with Gasteiger partial charge in [-0.1, -0.05) is 48.5 Å². The van der Waals surface area contributed by atoms with Crippen molar-refractivity contribution in [3.63, 3.8) is 0 Å². The maximum Gasteiger partial charge on any atom is 0.181 e. The predicted molar refractivity (Wildman–Crippen MR) is 76.3 cm³/mol. The summed E-state index contributed by atoms with van der Waals surface area (Å²) in [4.78, 5) is 4.55. The van der Waals surface area contributed by atoms with Crippen molar-refractivity contribution in [1.82, 2.24) is 14.8 Å². The molecule has 2 aromatic carbocycles. The number of rotatable bonds is 2. The smallest absolute Gasteiger partial charge is 0.181 e. The zero-order chi connectivity index (χ0) is 13.2. The van der Waals surface area contributed by atoms with Gasteiger partial charge in [0.1, 0.15) is 5.82 Å². The van der Waals surface area contributed by atoms with Gasteiger partial charge in [0.15, 0.2) is 5.82 Å². The molecule has 3 heteroatoms. The van der Waals surface area contributed by atoms with Crippen LogP contribution in [0.2, 0.25) is 0 Å². The van der Waals surface area contributed by atoms with Gasteiger partial charge in [-0.25, -0.2) is 9.67 Å². The molecule has 3 nitrogen and oxygen atoms in total. The zero-order valence-corrected chi connectivity index (χ0v) is 11.0. The van der Waals surface area contributed by atoms with Crippen molar-refractivity contribution in [3.05, 3.63) is 66.0 Å². The average molecular weight is 249 g/mol. The monoisotopic (exact) mass is 249 g/mol. The third-order valence-corrected chi connectivity index (χ3v) is 3.14. The van der Waals surface area contributed by atoms with E-state index in [0.717, 1.165) is 22.9 Å². The summed E-state index contributed by atoms with van der Waals surface area (Å²) in [7, 11) is 0. The van der Waals surface area contributed by atoms with Crippen molar-refractivity contribution in [2.24, 2.45) is 0 Å². The van der Waals surface area contributed by atoms with Gasteiger partial charge in [0.05, 0.1) is 5.69 Å². The van der Waals surface area contributed by atoms with E-state index in [1.54, 1.807) is 0 Å². The highest BCUT2D eigenvalue weighted by Gasteiger charge is 2.10. The minimum absolute atomic E-state index is 0.765.